The van der Waals surface area contributed by atoms with Crippen LogP contribution in [0.2, 0.25) is 0 Å². The second-order valence-corrected chi connectivity index (χ2v) is 4.26. The summed E-state index contributed by atoms with van der Waals surface area (Å²) in [5.74, 6) is -1.56. The van der Waals surface area contributed by atoms with E-state index in [1.165, 1.54) is 12.1 Å². The molecule has 1 rings (SSSR count). The Morgan fingerprint density at radius 3 is 2.60 bits per heavy atom. The molecule has 1 atom stereocenters. The molecule has 0 bridgehead atoms. The van der Waals surface area contributed by atoms with Crippen LogP contribution in [0.25, 0.3) is 0 Å². The third kappa shape index (κ3) is 4.17. The molecule has 0 N–H and O–H groups in total. The third-order valence-electron chi connectivity index (χ3n) is 2.41. The highest BCUT2D eigenvalue weighted by atomic mass is 35.5. The molecule has 0 fully saturated rings. The summed E-state index contributed by atoms with van der Waals surface area (Å²) >= 11 is 5.95. The number of alkyl halides is 1. The zero-order valence-corrected chi connectivity index (χ0v) is 9.53. The van der Waals surface area contributed by atoms with E-state index in [1.807, 2.05) is 6.92 Å². The van der Waals surface area contributed by atoms with Crippen molar-refractivity contribution in [2.45, 2.75) is 38.0 Å². The summed E-state index contributed by atoms with van der Waals surface area (Å²) in [4.78, 5) is 0. The molecule has 0 aliphatic rings. The van der Waals surface area contributed by atoms with Gasteiger partial charge >= 0.3 is 0 Å². The number of hydrogen-bond acceptors (Lipinski definition) is 0. The van der Waals surface area contributed by atoms with Crippen LogP contribution >= 0.6 is 11.6 Å². The van der Waals surface area contributed by atoms with E-state index < -0.39 is 11.6 Å². The molecule has 84 valence electrons. The van der Waals surface area contributed by atoms with Crippen molar-refractivity contribution in [2.75, 3.05) is 0 Å². The molecule has 0 spiro atoms. The Bertz CT molecular complexity index is 312. The predicted molar refractivity (Wildman–Crippen MR) is 59.2 cm³/mol. The number of aryl methyl sites for hydroxylation is 1. The van der Waals surface area contributed by atoms with E-state index in [2.05, 4.69) is 0 Å². The lowest BCUT2D eigenvalue weighted by molar-refractivity contribution is 0.506. The summed E-state index contributed by atoms with van der Waals surface area (Å²) in [6.07, 6.45) is 3.52. The Hall–Kier alpha value is -0.630. The Morgan fingerprint density at radius 1 is 1.27 bits per heavy atom. The lowest BCUT2D eigenvalue weighted by atomic mass is 10.1. The van der Waals surface area contributed by atoms with E-state index in [0.29, 0.717) is 0 Å². The topological polar surface area (TPSA) is 0 Å². The predicted octanol–water partition coefficient (Wildman–Crippen LogP) is 4.30. The van der Waals surface area contributed by atoms with Gasteiger partial charge in [0.25, 0.3) is 0 Å². The van der Waals surface area contributed by atoms with Crippen molar-refractivity contribution < 1.29 is 8.78 Å². The molecular formula is C12H15ClF2. The highest BCUT2D eigenvalue weighted by molar-refractivity contribution is 6.20. The normalized spacial score (nSPS) is 12.8. The van der Waals surface area contributed by atoms with Gasteiger partial charge in [-0.3, -0.25) is 0 Å². The maximum atomic E-state index is 12.8. The van der Waals surface area contributed by atoms with E-state index in [4.69, 9.17) is 11.6 Å². The van der Waals surface area contributed by atoms with Gasteiger partial charge in [0.15, 0.2) is 11.6 Å². The number of benzene rings is 1. The van der Waals surface area contributed by atoms with Crippen molar-refractivity contribution in [3.05, 3.63) is 35.4 Å². The zero-order chi connectivity index (χ0) is 11.3. The molecular weight excluding hydrogens is 218 g/mol. The van der Waals surface area contributed by atoms with Gasteiger partial charge in [0.05, 0.1) is 0 Å². The van der Waals surface area contributed by atoms with Crippen molar-refractivity contribution >= 4 is 11.6 Å². The molecule has 15 heavy (non-hydrogen) atoms. The first kappa shape index (κ1) is 12.4. The molecule has 1 aromatic rings. The summed E-state index contributed by atoms with van der Waals surface area (Å²) in [7, 11) is 0. The molecule has 1 aromatic carbocycles. The van der Waals surface area contributed by atoms with Crippen molar-refractivity contribution in [1.82, 2.24) is 0 Å². The summed E-state index contributed by atoms with van der Waals surface area (Å²) in [5.41, 5.74) is 0.828. The van der Waals surface area contributed by atoms with Crippen LogP contribution in [0.5, 0.6) is 0 Å². The van der Waals surface area contributed by atoms with Crippen LogP contribution in [0.3, 0.4) is 0 Å². The van der Waals surface area contributed by atoms with Crippen LogP contribution in [0.4, 0.5) is 8.78 Å². The molecule has 0 aliphatic heterocycles. The lowest BCUT2D eigenvalue weighted by Crippen LogP contribution is -1.97. The molecule has 0 radical (unpaired) electrons. The van der Waals surface area contributed by atoms with Crippen LogP contribution in [0, 0.1) is 11.6 Å². The summed E-state index contributed by atoms with van der Waals surface area (Å²) in [6.45, 7) is 2.04. The van der Waals surface area contributed by atoms with Crippen molar-refractivity contribution in [3.8, 4) is 0 Å². The molecule has 0 amide bonds. The monoisotopic (exact) mass is 232 g/mol. The van der Waals surface area contributed by atoms with Gasteiger partial charge in [0, 0.05) is 5.38 Å². The van der Waals surface area contributed by atoms with Crippen LogP contribution in [-0.2, 0) is 6.42 Å². The van der Waals surface area contributed by atoms with Gasteiger partial charge < -0.3 is 0 Å². The Labute approximate surface area is 94.3 Å². The van der Waals surface area contributed by atoms with E-state index in [9.17, 15) is 8.78 Å². The van der Waals surface area contributed by atoms with Gasteiger partial charge in [-0.15, -0.1) is 11.6 Å². The van der Waals surface area contributed by atoms with Gasteiger partial charge in [-0.25, -0.2) is 8.78 Å². The van der Waals surface area contributed by atoms with Crippen molar-refractivity contribution in [3.63, 3.8) is 0 Å². The fourth-order valence-electron chi connectivity index (χ4n) is 1.43. The zero-order valence-electron chi connectivity index (χ0n) is 8.77. The van der Waals surface area contributed by atoms with Gasteiger partial charge in [-0.05, 0) is 43.4 Å². The first-order valence-corrected chi connectivity index (χ1v) is 5.65. The van der Waals surface area contributed by atoms with E-state index >= 15 is 0 Å². The Morgan fingerprint density at radius 2 is 2.00 bits per heavy atom. The molecule has 3 heteroatoms. The molecule has 0 nitrogen and oxygen atoms in total. The smallest absolute Gasteiger partial charge is 0.159 e. The fraction of sp³-hybridized carbons (Fsp3) is 0.500. The standard InChI is InChI=1S/C12H15ClF2/c1-2-10(13)5-3-4-9-6-7-11(14)12(15)8-9/h6-8,10H,2-5H2,1H3. The molecule has 0 aliphatic carbocycles. The molecule has 0 heterocycles. The van der Waals surface area contributed by atoms with Crippen LogP contribution in [-0.4, -0.2) is 5.38 Å². The van der Waals surface area contributed by atoms with Gasteiger partial charge in [0.2, 0.25) is 0 Å². The van der Waals surface area contributed by atoms with Crippen LogP contribution in [0.15, 0.2) is 18.2 Å². The SMILES string of the molecule is CCC(Cl)CCCc1ccc(F)c(F)c1. The minimum absolute atomic E-state index is 0.190. The average molecular weight is 233 g/mol. The minimum Gasteiger partial charge on any atom is -0.204 e. The number of rotatable bonds is 5. The third-order valence-corrected chi connectivity index (χ3v) is 2.94. The molecule has 0 saturated carbocycles. The van der Waals surface area contributed by atoms with E-state index in [-0.39, 0.29) is 5.38 Å². The van der Waals surface area contributed by atoms with Gasteiger partial charge in [0.1, 0.15) is 0 Å². The number of hydrogen-bond donors (Lipinski definition) is 0. The first-order chi connectivity index (χ1) is 7.13. The largest absolute Gasteiger partial charge is 0.204 e. The Kier molecular flexibility index (Phi) is 5.03. The van der Waals surface area contributed by atoms with Crippen molar-refractivity contribution in [1.29, 1.82) is 0 Å². The van der Waals surface area contributed by atoms with E-state index in [0.717, 1.165) is 31.2 Å². The second-order valence-electron chi connectivity index (χ2n) is 3.65. The molecule has 0 aromatic heterocycles. The Balaban J connectivity index is 2.41. The summed E-state index contributed by atoms with van der Waals surface area (Å²) in [5, 5.41) is 0.190. The van der Waals surface area contributed by atoms with Crippen molar-refractivity contribution in [2.24, 2.45) is 0 Å². The van der Waals surface area contributed by atoms with Crippen LogP contribution in [0.1, 0.15) is 31.7 Å². The summed E-state index contributed by atoms with van der Waals surface area (Å²) in [6, 6.07) is 4.04. The average Bonchev–Trinajstić information content (AvgIpc) is 2.23. The highest BCUT2D eigenvalue weighted by Crippen LogP contribution is 2.14. The maximum absolute atomic E-state index is 12.8. The molecule has 1 unspecified atom stereocenters. The lowest BCUT2D eigenvalue weighted by Gasteiger charge is -2.06. The second kappa shape index (κ2) is 6.06. The highest BCUT2D eigenvalue weighted by Gasteiger charge is 2.04. The quantitative estimate of drug-likeness (QED) is 0.664. The van der Waals surface area contributed by atoms with E-state index in [1.54, 1.807) is 6.07 Å². The van der Waals surface area contributed by atoms with Gasteiger partial charge in [-0.2, -0.15) is 0 Å². The first-order valence-electron chi connectivity index (χ1n) is 5.21. The fourth-order valence-corrected chi connectivity index (χ4v) is 1.58. The maximum Gasteiger partial charge on any atom is 0.159 e. The molecule has 0 saturated heterocycles. The number of halogens is 3. The van der Waals surface area contributed by atoms with Gasteiger partial charge in [-0.1, -0.05) is 13.0 Å². The van der Waals surface area contributed by atoms with Crippen LogP contribution < -0.4 is 0 Å². The minimum atomic E-state index is -0.789. The summed E-state index contributed by atoms with van der Waals surface area (Å²) < 4.78 is 25.4.